The van der Waals surface area contributed by atoms with Crippen LogP contribution in [0.5, 0.6) is 0 Å². The average Bonchev–Trinajstić information content (AvgIpc) is 2.77. The van der Waals surface area contributed by atoms with E-state index in [1.165, 1.54) is 23.5 Å². The van der Waals surface area contributed by atoms with E-state index in [1.54, 1.807) is 7.05 Å². The summed E-state index contributed by atoms with van der Waals surface area (Å²) in [7, 11) is -1.76. The third-order valence-electron chi connectivity index (χ3n) is 3.28. The van der Waals surface area contributed by atoms with E-state index in [4.69, 9.17) is 0 Å². The molecule has 1 aromatic rings. The van der Waals surface area contributed by atoms with Gasteiger partial charge in [-0.25, -0.2) is 13.1 Å². The van der Waals surface area contributed by atoms with E-state index in [1.807, 2.05) is 6.92 Å². The van der Waals surface area contributed by atoms with Crippen LogP contribution in [0.4, 0.5) is 0 Å². The van der Waals surface area contributed by atoms with Crippen molar-refractivity contribution in [1.29, 1.82) is 0 Å². The second kappa shape index (κ2) is 5.38. The average molecular weight is 272 g/mol. The highest BCUT2D eigenvalue weighted by Gasteiger charge is 2.25. The minimum absolute atomic E-state index is 0.115. The maximum Gasteiger partial charge on any atom is 0.243 e. The monoisotopic (exact) mass is 272 g/mol. The van der Waals surface area contributed by atoms with Crippen molar-refractivity contribution in [1.82, 2.24) is 19.8 Å². The van der Waals surface area contributed by atoms with E-state index in [0.29, 0.717) is 0 Å². The smallest absolute Gasteiger partial charge is 0.243 e. The van der Waals surface area contributed by atoms with Crippen molar-refractivity contribution in [2.75, 3.05) is 6.54 Å². The van der Waals surface area contributed by atoms with Crippen molar-refractivity contribution in [2.24, 2.45) is 7.05 Å². The molecule has 2 heterocycles. The lowest BCUT2D eigenvalue weighted by Crippen LogP contribution is -2.50. The molecule has 1 saturated heterocycles. The number of piperidine rings is 1. The molecule has 0 amide bonds. The van der Waals surface area contributed by atoms with E-state index in [2.05, 4.69) is 15.1 Å². The Kier molecular flexibility index (Phi) is 4.04. The van der Waals surface area contributed by atoms with Crippen LogP contribution < -0.4 is 10.0 Å². The quantitative estimate of drug-likeness (QED) is 0.822. The fourth-order valence-corrected chi connectivity index (χ4v) is 3.51. The lowest BCUT2D eigenvalue weighted by molar-refractivity contribution is 0.347. The molecule has 0 bridgehead atoms. The molecule has 6 nitrogen and oxygen atoms in total. The van der Waals surface area contributed by atoms with Crippen LogP contribution in [0.15, 0.2) is 17.3 Å². The first-order valence-electron chi connectivity index (χ1n) is 6.23. The van der Waals surface area contributed by atoms with Gasteiger partial charge in [0.15, 0.2) is 0 Å². The van der Waals surface area contributed by atoms with Gasteiger partial charge >= 0.3 is 0 Å². The molecule has 1 aromatic heterocycles. The number of sulfonamides is 1. The molecule has 0 aliphatic carbocycles. The zero-order valence-corrected chi connectivity index (χ0v) is 11.6. The number of nitrogens with zero attached hydrogens (tertiary/aromatic N) is 2. The highest BCUT2D eigenvalue weighted by atomic mass is 32.2. The Morgan fingerprint density at radius 1 is 1.56 bits per heavy atom. The van der Waals surface area contributed by atoms with Gasteiger partial charge < -0.3 is 5.32 Å². The van der Waals surface area contributed by atoms with Crippen molar-refractivity contribution in [3.8, 4) is 0 Å². The molecule has 18 heavy (non-hydrogen) atoms. The van der Waals surface area contributed by atoms with Crippen molar-refractivity contribution >= 4 is 10.0 Å². The third-order valence-corrected chi connectivity index (χ3v) is 4.80. The molecular weight excluding hydrogens is 252 g/mol. The Balaban J connectivity index is 2.03. The first-order valence-corrected chi connectivity index (χ1v) is 7.72. The Morgan fingerprint density at radius 3 is 2.89 bits per heavy atom. The van der Waals surface area contributed by atoms with Crippen LogP contribution in [-0.4, -0.2) is 36.8 Å². The summed E-state index contributed by atoms with van der Waals surface area (Å²) < 4.78 is 28.4. The highest BCUT2D eigenvalue weighted by molar-refractivity contribution is 7.89. The van der Waals surface area contributed by atoms with Gasteiger partial charge in [0.2, 0.25) is 10.0 Å². The maximum atomic E-state index is 12.1. The maximum absolute atomic E-state index is 12.1. The SMILES string of the molecule is CC(NS(=O)(=O)c1cnn(C)c1)C1CCCCN1. The van der Waals surface area contributed by atoms with Gasteiger partial charge in [-0.15, -0.1) is 0 Å². The van der Waals surface area contributed by atoms with Gasteiger partial charge in [-0.2, -0.15) is 5.10 Å². The van der Waals surface area contributed by atoms with Gasteiger partial charge in [0, 0.05) is 25.3 Å². The van der Waals surface area contributed by atoms with Gasteiger partial charge in [0.1, 0.15) is 4.90 Å². The van der Waals surface area contributed by atoms with Gasteiger partial charge in [-0.3, -0.25) is 4.68 Å². The molecule has 2 N–H and O–H groups in total. The third kappa shape index (κ3) is 3.09. The fraction of sp³-hybridized carbons (Fsp3) is 0.727. The Bertz CT molecular complexity index is 491. The molecule has 0 radical (unpaired) electrons. The van der Waals surface area contributed by atoms with E-state index < -0.39 is 10.0 Å². The topological polar surface area (TPSA) is 76.0 Å². The zero-order valence-electron chi connectivity index (χ0n) is 10.8. The lowest BCUT2D eigenvalue weighted by atomic mass is 10.00. The first-order chi connectivity index (χ1) is 8.49. The van der Waals surface area contributed by atoms with Crippen LogP contribution >= 0.6 is 0 Å². The summed E-state index contributed by atoms with van der Waals surface area (Å²) in [6.45, 7) is 2.86. The number of hydrogen-bond acceptors (Lipinski definition) is 4. The van der Waals surface area contributed by atoms with Gasteiger partial charge in [0.25, 0.3) is 0 Å². The Hall–Kier alpha value is -0.920. The zero-order chi connectivity index (χ0) is 13.2. The van der Waals surface area contributed by atoms with Crippen LogP contribution in [-0.2, 0) is 17.1 Å². The standard InChI is InChI=1S/C11H20N4O2S/c1-9(11-5-3-4-6-12-11)14-18(16,17)10-7-13-15(2)8-10/h7-9,11-12,14H,3-6H2,1-2H3. The fourth-order valence-electron chi connectivity index (χ4n) is 2.24. The molecule has 2 rings (SSSR count). The molecule has 1 aliphatic heterocycles. The van der Waals surface area contributed by atoms with Crippen LogP contribution in [0, 0.1) is 0 Å². The largest absolute Gasteiger partial charge is 0.312 e. The molecule has 0 aromatic carbocycles. The molecule has 0 saturated carbocycles. The van der Waals surface area contributed by atoms with Crippen LogP contribution in [0.2, 0.25) is 0 Å². The lowest BCUT2D eigenvalue weighted by Gasteiger charge is -2.29. The normalized spacial score (nSPS) is 22.9. The van der Waals surface area contributed by atoms with E-state index in [-0.39, 0.29) is 17.0 Å². The van der Waals surface area contributed by atoms with Crippen LogP contribution in [0.3, 0.4) is 0 Å². The molecule has 2 unspecified atom stereocenters. The summed E-state index contributed by atoms with van der Waals surface area (Å²) in [6.07, 6.45) is 6.19. The highest BCUT2D eigenvalue weighted by Crippen LogP contribution is 2.13. The Morgan fingerprint density at radius 2 is 2.33 bits per heavy atom. The van der Waals surface area contributed by atoms with Crippen molar-refractivity contribution in [2.45, 2.75) is 43.2 Å². The number of aryl methyl sites for hydroxylation is 1. The van der Waals surface area contributed by atoms with Gasteiger partial charge in [-0.05, 0) is 26.3 Å². The molecule has 0 spiro atoms. The summed E-state index contributed by atoms with van der Waals surface area (Å²) in [5.74, 6) is 0. The molecule has 7 heteroatoms. The predicted molar refractivity (Wildman–Crippen MR) is 68.6 cm³/mol. The predicted octanol–water partition coefficient (Wildman–Crippen LogP) is 0.229. The van der Waals surface area contributed by atoms with Crippen molar-refractivity contribution < 1.29 is 8.42 Å². The summed E-state index contributed by atoms with van der Waals surface area (Å²) in [4.78, 5) is 0.215. The molecule has 1 aliphatic rings. The number of aromatic nitrogens is 2. The van der Waals surface area contributed by atoms with Crippen LogP contribution in [0.1, 0.15) is 26.2 Å². The molecule has 1 fully saturated rings. The second-order valence-corrected chi connectivity index (χ2v) is 6.53. The van der Waals surface area contributed by atoms with Gasteiger partial charge in [0.05, 0.1) is 6.20 Å². The number of hydrogen-bond donors (Lipinski definition) is 2. The van der Waals surface area contributed by atoms with Crippen LogP contribution in [0.25, 0.3) is 0 Å². The number of rotatable bonds is 4. The molecule has 2 atom stereocenters. The van der Waals surface area contributed by atoms with E-state index in [9.17, 15) is 8.42 Å². The second-order valence-electron chi connectivity index (χ2n) is 4.82. The number of nitrogens with one attached hydrogen (secondary N) is 2. The summed E-state index contributed by atoms with van der Waals surface area (Å²) >= 11 is 0. The van der Waals surface area contributed by atoms with Crippen molar-refractivity contribution in [3.05, 3.63) is 12.4 Å². The summed E-state index contributed by atoms with van der Waals surface area (Å²) in [5.41, 5.74) is 0. The minimum Gasteiger partial charge on any atom is -0.312 e. The molecule has 102 valence electrons. The summed E-state index contributed by atoms with van der Waals surface area (Å²) in [6, 6.07) is 0.0979. The van der Waals surface area contributed by atoms with Gasteiger partial charge in [-0.1, -0.05) is 6.42 Å². The van der Waals surface area contributed by atoms with E-state index in [0.717, 1.165) is 19.4 Å². The summed E-state index contributed by atoms with van der Waals surface area (Å²) in [5, 5.41) is 7.23. The first kappa shape index (κ1) is 13.5. The minimum atomic E-state index is -3.46. The molecular formula is C11H20N4O2S. The van der Waals surface area contributed by atoms with Crippen molar-refractivity contribution in [3.63, 3.8) is 0 Å². The Labute approximate surface area is 108 Å². The van der Waals surface area contributed by atoms with E-state index >= 15 is 0 Å².